The summed E-state index contributed by atoms with van der Waals surface area (Å²) in [5, 5.41) is 8.27. The van der Waals surface area contributed by atoms with E-state index in [1.807, 2.05) is 0 Å². The molecule has 0 aromatic carbocycles. The van der Waals surface area contributed by atoms with E-state index in [4.69, 9.17) is 5.11 Å². The molecule has 0 heterocycles. The van der Waals surface area contributed by atoms with Crippen molar-refractivity contribution in [2.75, 3.05) is 13.1 Å². The lowest BCUT2D eigenvalue weighted by Gasteiger charge is -2.21. The number of hydrogen-bond donors (Lipinski definition) is 1. The largest absolute Gasteiger partial charge is 0.481 e. The van der Waals surface area contributed by atoms with Crippen LogP contribution >= 0.6 is 0 Å². The Balaban J connectivity index is 4.14. The van der Waals surface area contributed by atoms with Crippen LogP contribution in [0.2, 0.25) is 0 Å². The fraction of sp³-hybridized carbons (Fsp3) is 0.750. The maximum absolute atomic E-state index is 12.0. The molecule has 0 aliphatic rings. The second kappa shape index (κ2) is 5.57. The summed E-state index contributed by atoms with van der Waals surface area (Å²) in [6.07, 6.45) is -5.12. The third-order valence-corrected chi connectivity index (χ3v) is 1.73. The molecule has 15 heavy (non-hydrogen) atoms. The number of nitrogens with zero attached hydrogens (tertiary/aromatic N) is 1. The normalized spacial score (nSPS) is 11.2. The van der Waals surface area contributed by atoms with Crippen LogP contribution in [0.5, 0.6) is 0 Å². The monoisotopic (exact) mass is 227 g/mol. The van der Waals surface area contributed by atoms with Gasteiger partial charge in [0.1, 0.15) is 0 Å². The molecule has 0 fully saturated rings. The van der Waals surface area contributed by atoms with Crippen LogP contribution in [0.3, 0.4) is 0 Å². The maximum Gasteiger partial charge on any atom is 0.471 e. The molecular formula is C8H12F3NO3. The number of carbonyl (C=O) groups excluding carboxylic acids is 1. The first-order chi connectivity index (χ1) is 6.79. The summed E-state index contributed by atoms with van der Waals surface area (Å²) in [6.45, 7) is 1.13. The molecule has 0 aromatic rings. The van der Waals surface area contributed by atoms with Gasteiger partial charge in [0, 0.05) is 19.5 Å². The van der Waals surface area contributed by atoms with Crippen molar-refractivity contribution in [1.82, 2.24) is 4.90 Å². The first-order valence-electron chi connectivity index (χ1n) is 4.37. The lowest BCUT2D eigenvalue weighted by Crippen LogP contribution is -2.41. The summed E-state index contributed by atoms with van der Waals surface area (Å²) in [4.78, 5) is 21.4. The van der Waals surface area contributed by atoms with Crippen molar-refractivity contribution in [3.8, 4) is 0 Å². The summed E-state index contributed by atoms with van der Waals surface area (Å²) in [6, 6.07) is 0. The van der Waals surface area contributed by atoms with E-state index in [2.05, 4.69) is 0 Å². The Morgan fingerprint density at radius 3 is 2.20 bits per heavy atom. The highest BCUT2D eigenvalue weighted by Gasteiger charge is 2.41. The van der Waals surface area contributed by atoms with E-state index < -0.39 is 18.1 Å². The first-order valence-corrected chi connectivity index (χ1v) is 4.37. The van der Waals surface area contributed by atoms with Crippen molar-refractivity contribution in [2.45, 2.75) is 25.9 Å². The predicted octanol–water partition coefficient (Wildman–Crippen LogP) is 1.26. The van der Waals surface area contributed by atoms with E-state index in [1.165, 1.54) is 6.92 Å². The Morgan fingerprint density at radius 2 is 1.87 bits per heavy atom. The van der Waals surface area contributed by atoms with Crippen molar-refractivity contribution in [1.29, 1.82) is 0 Å². The van der Waals surface area contributed by atoms with E-state index in [9.17, 15) is 22.8 Å². The molecule has 0 saturated heterocycles. The smallest absolute Gasteiger partial charge is 0.471 e. The Kier molecular flexibility index (Phi) is 5.10. The van der Waals surface area contributed by atoms with E-state index in [-0.39, 0.29) is 25.9 Å². The summed E-state index contributed by atoms with van der Waals surface area (Å²) < 4.78 is 35.9. The number of carboxylic acid groups (broad SMARTS) is 1. The molecule has 1 N–H and O–H groups in total. The molecule has 7 heteroatoms. The van der Waals surface area contributed by atoms with Crippen molar-refractivity contribution in [2.24, 2.45) is 0 Å². The van der Waals surface area contributed by atoms with Gasteiger partial charge in [0.05, 0.1) is 0 Å². The third-order valence-electron chi connectivity index (χ3n) is 1.73. The van der Waals surface area contributed by atoms with Gasteiger partial charge in [-0.2, -0.15) is 13.2 Å². The summed E-state index contributed by atoms with van der Waals surface area (Å²) in [5.41, 5.74) is 0. The molecule has 0 spiro atoms. The third kappa shape index (κ3) is 5.24. The summed E-state index contributed by atoms with van der Waals surface area (Å²) in [7, 11) is 0. The van der Waals surface area contributed by atoms with Crippen molar-refractivity contribution >= 4 is 11.9 Å². The first kappa shape index (κ1) is 13.7. The average Bonchev–Trinajstić information content (AvgIpc) is 2.09. The van der Waals surface area contributed by atoms with Gasteiger partial charge in [-0.25, -0.2) is 0 Å². The van der Waals surface area contributed by atoms with Gasteiger partial charge in [-0.1, -0.05) is 0 Å². The molecule has 0 aliphatic heterocycles. The van der Waals surface area contributed by atoms with Crippen LogP contribution in [0.25, 0.3) is 0 Å². The minimum atomic E-state index is -4.89. The fourth-order valence-corrected chi connectivity index (χ4v) is 1.00. The molecule has 0 atom stereocenters. The van der Waals surface area contributed by atoms with Gasteiger partial charge in [-0.3, -0.25) is 9.59 Å². The van der Waals surface area contributed by atoms with Crippen LogP contribution in [-0.4, -0.2) is 41.1 Å². The molecule has 4 nitrogen and oxygen atoms in total. The highest BCUT2D eigenvalue weighted by atomic mass is 19.4. The summed E-state index contributed by atoms with van der Waals surface area (Å²) in [5.74, 6) is -3.01. The minimum absolute atomic E-state index is 0.0188. The maximum atomic E-state index is 12.0. The van der Waals surface area contributed by atoms with E-state index >= 15 is 0 Å². The molecule has 0 bridgehead atoms. The van der Waals surface area contributed by atoms with E-state index in [1.54, 1.807) is 0 Å². The topological polar surface area (TPSA) is 57.6 Å². The molecule has 0 aromatic heterocycles. The molecule has 0 unspecified atom stereocenters. The second-order valence-corrected chi connectivity index (χ2v) is 2.88. The van der Waals surface area contributed by atoms with Gasteiger partial charge in [0.15, 0.2) is 0 Å². The van der Waals surface area contributed by atoms with Crippen LogP contribution in [-0.2, 0) is 9.59 Å². The lowest BCUT2D eigenvalue weighted by molar-refractivity contribution is -0.185. The van der Waals surface area contributed by atoms with Crippen molar-refractivity contribution < 1.29 is 27.9 Å². The Labute approximate surface area is 84.7 Å². The fourth-order valence-electron chi connectivity index (χ4n) is 1.00. The van der Waals surface area contributed by atoms with E-state index in [0.29, 0.717) is 4.90 Å². The van der Waals surface area contributed by atoms with Crippen LogP contribution in [0.1, 0.15) is 19.8 Å². The predicted molar refractivity (Wildman–Crippen MR) is 45.2 cm³/mol. The van der Waals surface area contributed by atoms with Gasteiger partial charge < -0.3 is 10.0 Å². The van der Waals surface area contributed by atoms with Gasteiger partial charge >= 0.3 is 18.1 Å². The SMILES string of the molecule is CCN(CCCC(=O)O)C(=O)C(F)(F)F. The Morgan fingerprint density at radius 1 is 1.33 bits per heavy atom. The zero-order valence-corrected chi connectivity index (χ0v) is 8.17. The number of hydrogen-bond acceptors (Lipinski definition) is 2. The number of carboxylic acids is 1. The van der Waals surface area contributed by atoms with Crippen molar-refractivity contribution in [3.63, 3.8) is 0 Å². The summed E-state index contributed by atoms with van der Waals surface area (Å²) >= 11 is 0. The number of rotatable bonds is 5. The molecule has 1 amide bonds. The molecule has 0 aliphatic carbocycles. The number of alkyl halides is 3. The highest BCUT2D eigenvalue weighted by Crippen LogP contribution is 2.18. The van der Waals surface area contributed by atoms with E-state index in [0.717, 1.165) is 0 Å². The average molecular weight is 227 g/mol. The molecular weight excluding hydrogens is 215 g/mol. The minimum Gasteiger partial charge on any atom is -0.481 e. The van der Waals surface area contributed by atoms with Crippen LogP contribution in [0.4, 0.5) is 13.2 Å². The highest BCUT2D eigenvalue weighted by molar-refractivity contribution is 5.81. The van der Waals surface area contributed by atoms with Gasteiger partial charge in [0.2, 0.25) is 0 Å². The number of amides is 1. The molecule has 0 radical (unpaired) electrons. The zero-order chi connectivity index (χ0) is 12.1. The number of halogens is 3. The molecule has 0 saturated carbocycles. The Bertz CT molecular complexity index is 240. The number of carbonyl (C=O) groups is 2. The molecule has 0 rings (SSSR count). The second-order valence-electron chi connectivity index (χ2n) is 2.88. The van der Waals surface area contributed by atoms with Gasteiger partial charge in [0.25, 0.3) is 0 Å². The van der Waals surface area contributed by atoms with Crippen LogP contribution in [0.15, 0.2) is 0 Å². The Hall–Kier alpha value is -1.27. The quantitative estimate of drug-likeness (QED) is 0.769. The number of aliphatic carboxylic acids is 1. The lowest BCUT2D eigenvalue weighted by atomic mass is 10.3. The van der Waals surface area contributed by atoms with Crippen molar-refractivity contribution in [3.05, 3.63) is 0 Å². The van der Waals surface area contributed by atoms with Gasteiger partial charge in [-0.15, -0.1) is 0 Å². The van der Waals surface area contributed by atoms with Gasteiger partial charge in [-0.05, 0) is 13.3 Å². The standard InChI is InChI=1S/C8H12F3NO3/c1-2-12(5-3-4-6(13)14)7(15)8(9,10)11/h2-5H2,1H3,(H,13,14). The molecule has 88 valence electrons. The van der Waals surface area contributed by atoms with Crippen LogP contribution in [0, 0.1) is 0 Å². The van der Waals surface area contributed by atoms with Crippen LogP contribution < -0.4 is 0 Å². The zero-order valence-electron chi connectivity index (χ0n) is 8.17.